The third-order valence-corrected chi connectivity index (χ3v) is 12.6. The van der Waals surface area contributed by atoms with Gasteiger partial charge >= 0.3 is 11.9 Å². The van der Waals surface area contributed by atoms with E-state index in [4.69, 9.17) is 14.9 Å². The van der Waals surface area contributed by atoms with Gasteiger partial charge in [-0.15, -0.1) is 0 Å². The molecule has 4 N–H and O–H groups in total. The highest BCUT2D eigenvalue weighted by molar-refractivity contribution is 5.87. The van der Waals surface area contributed by atoms with E-state index < -0.39 is 24.5 Å². The van der Waals surface area contributed by atoms with E-state index in [0.717, 1.165) is 57.8 Å². The van der Waals surface area contributed by atoms with Crippen molar-refractivity contribution in [3.63, 3.8) is 0 Å². The van der Waals surface area contributed by atoms with Crippen molar-refractivity contribution in [1.29, 1.82) is 0 Å². The van der Waals surface area contributed by atoms with Crippen LogP contribution in [0.4, 0.5) is 0 Å². The van der Waals surface area contributed by atoms with E-state index in [1.165, 1.54) is 199 Å². The topological polar surface area (TPSA) is 142 Å². The van der Waals surface area contributed by atoms with Crippen LogP contribution in [-0.2, 0) is 23.9 Å². The lowest BCUT2D eigenvalue weighted by molar-refractivity contribution is -0.150. The van der Waals surface area contributed by atoms with Crippen molar-refractivity contribution in [3.05, 3.63) is 0 Å². The fourth-order valence-corrected chi connectivity index (χ4v) is 8.48. The van der Waals surface area contributed by atoms with Crippen molar-refractivity contribution in [2.45, 2.75) is 302 Å². The van der Waals surface area contributed by atoms with Crippen molar-refractivity contribution in [2.24, 2.45) is 0 Å². The molecule has 2 amide bonds. The summed E-state index contributed by atoms with van der Waals surface area (Å²) >= 11 is 0. The molecule has 0 aromatic heterocycles. The van der Waals surface area contributed by atoms with Crippen molar-refractivity contribution in [2.75, 3.05) is 13.2 Å². The summed E-state index contributed by atoms with van der Waals surface area (Å²) in [6.07, 6.45) is 52.9. The number of nitrogens with one attached hydrogen (secondary N) is 2. The molecule has 9 nitrogen and oxygen atoms in total. The van der Waals surface area contributed by atoms with Gasteiger partial charge < -0.3 is 25.6 Å². The molecule has 0 spiro atoms. The number of hydrogen-bond donors (Lipinski definition) is 4. The first kappa shape index (κ1) is 59.8. The number of carbonyl (C=O) groups is 4. The van der Waals surface area contributed by atoms with E-state index in [1.807, 2.05) is 0 Å². The Labute approximate surface area is 382 Å². The zero-order valence-corrected chi connectivity index (χ0v) is 40.9. The first-order chi connectivity index (χ1) is 30.3. The minimum absolute atomic E-state index is 0.00572. The second-order valence-corrected chi connectivity index (χ2v) is 18.7. The molecule has 0 aliphatic rings. The van der Waals surface area contributed by atoms with Crippen LogP contribution in [0.5, 0.6) is 0 Å². The molecule has 0 radical (unpaired) electrons. The number of hydrogen-bond acceptors (Lipinski definition) is 6. The lowest BCUT2D eigenvalue weighted by Crippen LogP contribution is -2.47. The average Bonchev–Trinajstić information content (AvgIpc) is 3.26. The third-order valence-electron chi connectivity index (χ3n) is 12.6. The summed E-state index contributed by atoms with van der Waals surface area (Å²) in [6, 6.07) is -1.38. The number of carboxylic acid groups (broad SMARTS) is 1. The largest absolute Gasteiger partial charge is 0.480 e. The number of carbonyl (C=O) groups excluding carboxylic acids is 3. The van der Waals surface area contributed by atoms with Gasteiger partial charge in [-0.1, -0.05) is 239 Å². The van der Waals surface area contributed by atoms with Gasteiger partial charge in [-0.2, -0.15) is 0 Å². The molecule has 0 fully saturated rings. The number of aliphatic carboxylic acids is 1. The molecule has 0 rings (SSSR count). The van der Waals surface area contributed by atoms with Crippen molar-refractivity contribution in [3.8, 4) is 0 Å². The number of unbranched alkanes of at least 4 members (excludes halogenated alkanes) is 36. The molecular weight excluding hydrogens is 777 g/mol. The van der Waals surface area contributed by atoms with Gasteiger partial charge in [0.05, 0.1) is 13.2 Å². The van der Waals surface area contributed by atoms with E-state index in [1.54, 1.807) is 0 Å². The lowest BCUT2D eigenvalue weighted by Gasteiger charge is -2.18. The van der Waals surface area contributed by atoms with E-state index in [9.17, 15) is 19.2 Å². The molecular formula is C53H102N2O7. The van der Waals surface area contributed by atoms with Gasteiger partial charge in [0.2, 0.25) is 11.8 Å². The van der Waals surface area contributed by atoms with Crippen LogP contribution < -0.4 is 10.6 Å². The molecule has 62 heavy (non-hydrogen) atoms. The van der Waals surface area contributed by atoms with Crippen molar-refractivity contribution in [1.82, 2.24) is 10.6 Å². The van der Waals surface area contributed by atoms with Crippen LogP contribution in [0, 0.1) is 0 Å². The maximum atomic E-state index is 12.9. The molecule has 366 valence electrons. The molecule has 2 unspecified atom stereocenters. The second-order valence-electron chi connectivity index (χ2n) is 18.7. The Balaban J connectivity index is 4.14. The Morgan fingerprint density at radius 2 is 0.726 bits per heavy atom. The molecule has 0 saturated carbocycles. The third kappa shape index (κ3) is 44.4. The number of carboxylic acids is 1. The fraction of sp³-hybridized carbons (Fsp3) is 0.925. The summed E-state index contributed by atoms with van der Waals surface area (Å²) in [5, 5.41) is 22.6. The summed E-state index contributed by atoms with van der Waals surface area (Å²) in [5.74, 6) is -2.26. The molecule has 0 aliphatic carbocycles. The molecule has 0 bridgehead atoms. The van der Waals surface area contributed by atoms with Gasteiger partial charge in [-0.3, -0.25) is 14.4 Å². The predicted molar refractivity (Wildman–Crippen MR) is 259 cm³/mol. The van der Waals surface area contributed by atoms with Crippen LogP contribution in [0.25, 0.3) is 0 Å². The number of ether oxygens (including phenoxy) is 1. The quantitative estimate of drug-likeness (QED) is 0.0352. The Morgan fingerprint density at radius 1 is 0.419 bits per heavy atom. The number of amides is 2. The molecule has 0 aliphatic heterocycles. The highest BCUT2D eigenvalue weighted by atomic mass is 16.5. The van der Waals surface area contributed by atoms with Crippen LogP contribution in [0.3, 0.4) is 0 Å². The number of esters is 1. The van der Waals surface area contributed by atoms with Gasteiger partial charge in [0.25, 0.3) is 0 Å². The number of aliphatic hydroxyl groups is 1. The number of rotatable bonds is 50. The normalized spacial score (nSPS) is 12.3. The lowest BCUT2D eigenvalue weighted by atomic mass is 10.0. The maximum absolute atomic E-state index is 12.9. The van der Waals surface area contributed by atoms with Crippen LogP contribution >= 0.6 is 0 Å². The summed E-state index contributed by atoms with van der Waals surface area (Å²) in [7, 11) is 0. The Morgan fingerprint density at radius 3 is 1.05 bits per heavy atom. The summed E-state index contributed by atoms with van der Waals surface area (Å²) in [4.78, 5) is 47.8. The van der Waals surface area contributed by atoms with Crippen LogP contribution in [0.2, 0.25) is 0 Å². The van der Waals surface area contributed by atoms with E-state index in [0.29, 0.717) is 19.3 Å². The first-order valence-corrected chi connectivity index (χ1v) is 26.9. The van der Waals surface area contributed by atoms with Crippen molar-refractivity contribution >= 4 is 23.8 Å². The Bertz CT molecular complexity index is 1010. The minimum Gasteiger partial charge on any atom is -0.480 e. The zero-order valence-electron chi connectivity index (χ0n) is 40.9. The van der Waals surface area contributed by atoms with Gasteiger partial charge in [-0.05, 0) is 38.5 Å². The number of aliphatic hydroxyl groups excluding tert-OH is 1. The summed E-state index contributed by atoms with van der Waals surface area (Å²) < 4.78 is 6.08. The van der Waals surface area contributed by atoms with Crippen LogP contribution in [0.15, 0.2) is 0 Å². The van der Waals surface area contributed by atoms with Crippen LogP contribution in [-0.4, -0.2) is 59.3 Å². The van der Waals surface area contributed by atoms with Gasteiger partial charge in [-0.25, -0.2) is 4.79 Å². The van der Waals surface area contributed by atoms with E-state index >= 15 is 0 Å². The SMILES string of the molecule is CCCCCCCCCCCCCCCCCCCCCCCCC(=O)OC(CCCCCCCCCCCCCC)CCCCCCCC(=O)NCC(=O)NC(CO)C(=O)O. The Hall–Kier alpha value is -2.16. The van der Waals surface area contributed by atoms with Crippen molar-refractivity contribution < 1.29 is 34.1 Å². The summed E-state index contributed by atoms with van der Waals surface area (Å²) in [5.41, 5.74) is 0. The smallest absolute Gasteiger partial charge is 0.328 e. The molecule has 0 heterocycles. The molecule has 0 aromatic rings. The molecule has 0 saturated heterocycles. The first-order valence-electron chi connectivity index (χ1n) is 26.9. The monoisotopic (exact) mass is 879 g/mol. The predicted octanol–water partition coefficient (Wildman–Crippen LogP) is 14.4. The molecule has 9 heteroatoms. The van der Waals surface area contributed by atoms with Crippen LogP contribution in [0.1, 0.15) is 290 Å². The second kappa shape index (κ2) is 48.3. The van der Waals surface area contributed by atoms with E-state index in [-0.39, 0.29) is 24.5 Å². The Kier molecular flexibility index (Phi) is 46.6. The van der Waals surface area contributed by atoms with E-state index in [2.05, 4.69) is 24.5 Å². The van der Waals surface area contributed by atoms with Gasteiger partial charge in [0.1, 0.15) is 12.1 Å². The highest BCUT2D eigenvalue weighted by Crippen LogP contribution is 2.20. The fourth-order valence-electron chi connectivity index (χ4n) is 8.48. The summed E-state index contributed by atoms with van der Waals surface area (Å²) in [6.45, 7) is 3.53. The van der Waals surface area contributed by atoms with Gasteiger partial charge in [0.15, 0.2) is 0 Å². The average molecular weight is 879 g/mol. The molecule has 0 aromatic carbocycles. The highest BCUT2D eigenvalue weighted by Gasteiger charge is 2.19. The zero-order chi connectivity index (χ0) is 45.4. The standard InChI is InChI=1S/C53H102N2O7/c1-3-5-7-9-11-13-15-17-18-19-20-21-22-23-24-25-26-28-30-32-37-41-45-52(59)62-48(42-38-34-31-29-27-16-14-12-10-8-6-4-2)43-39-35-33-36-40-44-50(57)54-46-51(58)55-49(47-56)53(60)61/h48-49,56H,3-47H2,1-2H3,(H,54,57)(H,55,58)(H,60,61). The van der Waals surface area contributed by atoms with Gasteiger partial charge in [0, 0.05) is 12.8 Å². The maximum Gasteiger partial charge on any atom is 0.328 e. The molecule has 2 atom stereocenters. The minimum atomic E-state index is -1.38.